The molecule has 2 saturated heterocycles. The van der Waals surface area contributed by atoms with Crippen molar-refractivity contribution >= 4 is 22.8 Å². The second kappa shape index (κ2) is 11.5. The largest absolute Gasteiger partial charge is 0.494 e. The van der Waals surface area contributed by atoms with Gasteiger partial charge in [-0.2, -0.15) is 0 Å². The van der Waals surface area contributed by atoms with Crippen LogP contribution in [0.5, 0.6) is 5.75 Å². The van der Waals surface area contributed by atoms with E-state index in [-0.39, 0.29) is 11.8 Å². The summed E-state index contributed by atoms with van der Waals surface area (Å²) in [6, 6.07) is 14.9. The molecule has 0 unspecified atom stereocenters. The van der Waals surface area contributed by atoms with E-state index in [9.17, 15) is 9.59 Å². The molecule has 0 bridgehead atoms. The number of para-hydroxylation sites is 2. The molecule has 0 radical (unpaired) electrons. The molecule has 1 aromatic heterocycles. The minimum atomic E-state index is -0.151. The van der Waals surface area contributed by atoms with E-state index in [1.165, 1.54) is 38.5 Å². The average Bonchev–Trinajstić information content (AvgIpc) is 2.95. The SMILES string of the molecule is O=C(c1ccc(OCCCN2CCCCC2)cc1)N1CCN(C(=O)c2cnc3ccccc3n2)CC1. The van der Waals surface area contributed by atoms with Gasteiger partial charge in [-0.3, -0.25) is 14.6 Å². The smallest absolute Gasteiger partial charge is 0.274 e. The van der Waals surface area contributed by atoms with Gasteiger partial charge in [-0.25, -0.2) is 4.98 Å². The van der Waals surface area contributed by atoms with Crippen LogP contribution in [0, 0.1) is 0 Å². The van der Waals surface area contributed by atoms with E-state index in [4.69, 9.17) is 4.74 Å². The maximum atomic E-state index is 13.0. The maximum Gasteiger partial charge on any atom is 0.274 e. The van der Waals surface area contributed by atoms with E-state index in [0.717, 1.165) is 24.2 Å². The van der Waals surface area contributed by atoms with Crippen molar-refractivity contribution in [1.82, 2.24) is 24.7 Å². The van der Waals surface area contributed by atoms with Crippen molar-refractivity contribution in [2.45, 2.75) is 25.7 Å². The van der Waals surface area contributed by atoms with Crippen LogP contribution >= 0.6 is 0 Å². The molecule has 3 heterocycles. The van der Waals surface area contributed by atoms with Gasteiger partial charge in [0.15, 0.2) is 0 Å². The Bertz CT molecular complexity index is 1190. The molecule has 2 aromatic carbocycles. The number of rotatable bonds is 7. The third-order valence-electron chi connectivity index (χ3n) is 6.96. The number of ether oxygens (including phenoxy) is 1. The van der Waals surface area contributed by atoms with Crippen molar-refractivity contribution in [2.24, 2.45) is 0 Å². The van der Waals surface area contributed by atoms with Crippen molar-refractivity contribution < 1.29 is 14.3 Å². The van der Waals surface area contributed by atoms with Crippen LogP contribution in [0.25, 0.3) is 11.0 Å². The molecule has 8 nitrogen and oxygen atoms in total. The highest BCUT2D eigenvalue weighted by Crippen LogP contribution is 2.17. The van der Waals surface area contributed by atoms with E-state index in [1.807, 2.05) is 48.5 Å². The summed E-state index contributed by atoms with van der Waals surface area (Å²) in [6.45, 7) is 6.09. The minimum Gasteiger partial charge on any atom is -0.494 e. The number of amides is 2. The number of fused-ring (bicyclic) bond motifs is 1. The van der Waals surface area contributed by atoms with Crippen LogP contribution in [0.15, 0.2) is 54.7 Å². The van der Waals surface area contributed by atoms with Gasteiger partial charge in [0, 0.05) is 38.3 Å². The molecule has 0 aliphatic carbocycles. The summed E-state index contributed by atoms with van der Waals surface area (Å²) >= 11 is 0. The molecular formula is C28H33N5O3. The van der Waals surface area contributed by atoms with Gasteiger partial charge in [0.05, 0.1) is 23.8 Å². The standard InChI is InChI=1S/C28H33N5O3/c34-27(22-9-11-23(12-10-22)36-20-6-15-31-13-4-1-5-14-31)32-16-18-33(19-17-32)28(35)26-21-29-24-7-2-3-8-25(24)30-26/h2-3,7-12,21H,1,4-6,13-20H2. The second-order valence-corrected chi connectivity index (χ2v) is 9.46. The van der Waals surface area contributed by atoms with E-state index in [0.29, 0.717) is 49.6 Å². The first-order valence-electron chi connectivity index (χ1n) is 12.9. The van der Waals surface area contributed by atoms with Crippen molar-refractivity contribution in [3.8, 4) is 5.75 Å². The maximum absolute atomic E-state index is 13.0. The molecule has 3 aromatic rings. The average molecular weight is 488 g/mol. The Kier molecular flexibility index (Phi) is 7.71. The quantitative estimate of drug-likeness (QED) is 0.475. The third kappa shape index (κ3) is 5.82. The number of nitrogens with zero attached hydrogens (tertiary/aromatic N) is 5. The highest BCUT2D eigenvalue weighted by atomic mass is 16.5. The molecule has 5 rings (SSSR count). The number of benzene rings is 2. The molecule has 0 atom stereocenters. The fourth-order valence-corrected chi connectivity index (χ4v) is 4.87. The Morgan fingerprint density at radius 2 is 1.44 bits per heavy atom. The van der Waals surface area contributed by atoms with Crippen LogP contribution in [0.3, 0.4) is 0 Å². The van der Waals surface area contributed by atoms with Crippen LogP contribution in [-0.4, -0.2) is 88.9 Å². The van der Waals surface area contributed by atoms with Crippen molar-refractivity contribution in [3.63, 3.8) is 0 Å². The lowest BCUT2D eigenvalue weighted by molar-refractivity contribution is 0.0532. The Morgan fingerprint density at radius 1 is 0.778 bits per heavy atom. The highest BCUT2D eigenvalue weighted by Gasteiger charge is 2.26. The van der Waals surface area contributed by atoms with E-state index in [1.54, 1.807) is 9.80 Å². The highest BCUT2D eigenvalue weighted by molar-refractivity contribution is 5.96. The van der Waals surface area contributed by atoms with Crippen LogP contribution in [0.4, 0.5) is 0 Å². The van der Waals surface area contributed by atoms with Crippen LogP contribution in [0.1, 0.15) is 46.5 Å². The Labute approximate surface area is 211 Å². The number of carbonyl (C=O) groups excluding carboxylic acids is 2. The zero-order valence-electron chi connectivity index (χ0n) is 20.6. The first-order chi connectivity index (χ1) is 17.7. The lowest BCUT2D eigenvalue weighted by Crippen LogP contribution is -2.50. The van der Waals surface area contributed by atoms with Gasteiger partial charge in [-0.1, -0.05) is 18.6 Å². The number of likely N-dealkylation sites (tertiary alicyclic amines) is 1. The summed E-state index contributed by atoms with van der Waals surface area (Å²) in [4.78, 5) is 40.8. The monoisotopic (exact) mass is 487 g/mol. The van der Waals surface area contributed by atoms with Gasteiger partial charge >= 0.3 is 0 Å². The molecule has 0 spiro atoms. The summed E-state index contributed by atoms with van der Waals surface area (Å²) in [6.07, 6.45) is 6.50. The topological polar surface area (TPSA) is 78.9 Å². The molecular weight excluding hydrogens is 454 g/mol. The number of piperazine rings is 1. The van der Waals surface area contributed by atoms with Gasteiger partial charge in [-0.05, 0) is 68.8 Å². The summed E-state index contributed by atoms with van der Waals surface area (Å²) in [5.74, 6) is 0.614. The number of hydrogen-bond donors (Lipinski definition) is 0. The summed E-state index contributed by atoms with van der Waals surface area (Å²) < 4.78 is 5.88. The zero-order valence-corrected chi connectivity index (χ0v) is 20.6. The lowest BCUT2D eigenvalue weighted by Gasteiger charge is -2.34. The van der Waals surface area contributed by atoms with Crippen molar-refractivity contribution in [1.29, 1.82) is 0 Å². The van der Waals surface area contributed by atoms with Gasteiger partial charge in [0.25, 0.3) is 11.8 Å². The van der Waals surface area contributed by atoms with Crippen LogP contribution in [0.2, 0.25) is 0 Å². The fourth-order valence-electron chi connectivity index (χ4n) is 4.87. The molecule has 2 aliphatic rings. The molecule has 188 valence electrons. The first-order valence-corrected chi connectivity index (χ1v) is 12.9. The van der Waals surface area contributed by atoms with Crippen LogP contribution < -0.4 is 4.74 Å². The lowest BCUT2D eigenvalue weighted by atomic mass is 10.1. The normalized spacial score (nSPS) is 16.8. The Morgan fingerprint density at radius 3 is 2.17 bits per heavy atom. The molecule has 36 heavy (non-hydrogen) atoms. The zero-order chi connectivity index (χ0) is 24.7. The molecule has 0 saturated carbocycles. The Hall–Kier alpha value is -3.52. The van der Waals surface area contributed by atoms with E-state index < -0.39 is 0 Å². The molecule has 0 N–H and O–H groups in total. The minimum absolute atomic E-state index is 0.0238. The predicted octanol–water partition coefficient (Wildman–Crippen LogP) is 3.48. The molecule has 2 aliphatic heterocycles. The molecule has 2 fully saturated rings. The molecule has 8 heteroatoms. The number of carbonyl (C=O) groups is 2. The van der Waals surface area contributed by atoms with Crippen molar-refractivity contribution in [2.75, 3.05) is 52.4 Å². The third-order valence-corrected chi connectivity index (χ3v) is 6.96. The van der Waals surface area contributed by atoms with Crippen LogP contribution in [-0.2, 0) is 0 Å². The number of aromatic nitrogens is 2. The van der Waals surface area contributed by atoms with Gasteiger partial charge in [-0.15, -0.1) is 0 Å². The fraction of sp³-hybridized carbons (Fsp3) is 0.429. The number of hydrogen-bond acceptors (Lipinski definition) is 6. The van der Waals surface area contributed by atoms with E-state index in [2.05, 4.69) is 14.9 Å². The first kappa shape index (κ1) is 24.2. The van der Waals surface area contributed by atoms with E-state index >= 15 is 0 Å². The predicted molar refractivity (Wildman–Crippen MR) is 138 cm³/mol. The summed E-state index contributed by atoms with van der Waals surface area (Å²) in [5.41, 5.74) is 2.43. The summed E-state index contributed by atoms with van der Waals surface area (Å²) in [7, 11) is 0. The number of piperidine rings is 1. The summed E-state index contributed by atoms with van der Waals surface area (Å²) in [5, 5.41) is 0. The van der Waals surface area contributed by atoms with Crippen molar-refractivity contribution in [3.05, 3.63) is 66.0 Å². The Balaban J connectivity index is 1.08. The van der Waals surface area contributed by atoms with Gasteiger partial charge in [0.2, 0.25) is 0 Å². The van der Waals surface area contributed by atoms with Gasteiger partial charge < -0.3 is 19.4 Å². The molecule has 2 amide bonds. The second-order valence-electron chi connectivity index (χ2n) is 9.46. The van der Waals surface area contributed by atoms with Gasteiger partial charge in [0.1, 0.15) is 11.4 Å².